The molecule has 0 fully saturated rings. The molecule has 1 rings (SSSR count). The van der Waals surface area contributed by atoms with Gasteiger partial charge in [0.05, 0.1) is 0 Å². The van der Waals surface area contributed by atoms with Gasteiger partial charge in [-0.1, -0.05) is 41.4 Å². The molecule has 0 aliphatic rings. The van der Waals surface area contributed by atoms with Gasteiger partial charge in [0, 0.05) is 17.6 Å². The van der Waals surface area contributed by atoms with Crippen molar-refractivity contribution in [3.8, 4) is 0 Å². The molecule has 1 aromatic rings. The summed E-state index contributed by atoms with van der Waals surface area (Å²) in [4.78, 5) is 11.3. The number of hydrogen-bond acceptors (Lipinski definition) is 1. The van der Waals surface area contributed by atoms with Crippen molar-refractivity contribution in [2.75, 3.05) is 6.54 Å². The minimum atomic E-state index is -0.103. The van der Waals surface area contributed by atoms with Gasteiger partial charge in [0.2, 0.25) is 0 Å². The number of halogens is 1. The fraction of sp³-hybridized carbons (Fsp3) is 0.417. The summed E-state index contributed by atoms with van der Waals surface area (Å²) >= 11 is 3.39. The van der Waals surface area contributed by atoms with Gasteiger partial charge >= 0.3 is 6.03 Å². The van der Waals surface area contributed by atoms with Crippen molar-refractivity contribution in [1.82, 2.24) is 10.6 Å². The van der Waals surface area contributed by atoms with Gasteiger partial charge in [-0.2, -0.15) is 0 Å². The van der Waals surface area contributed by atoms with Gasteiger partial charge in [0.25, 0.3) is 0 Å². The molecule has 0 spiro atoms. The standard InChI is InChI=1S/C12H17BrN2O/c1-2-3-7-14-12(16)15-9-10-5-4-6-11(13)8-10/h4-6,8H,2-3,7,9H2,1H3,(H2,14,15,16). The first-order valence-electron chi connectivity index (χ1n) is 5.48. The monoisotopic (exact) mass is 284 g/mol. The number of urea groups is 1. The van der Waals surface area contributed by atoms with Crippen LogP contribution < -0.4 is 10.6 Å². The smallest absolute Gasteiger partial charge is 0.315 e. The van der Waals surface area contributed by atoms with Crippen LogP contribution in [0.15, 0.2) is 28.7 Å². The molecule has 88 valence electrons. The number of hydrogen-bond donors (Lipinski definition) is 2. The summed E-state index contributed by atoms with van der Waals surface area (Å²) in [6, 6.07) is 7.79. The first-order valence-corrected chi connectivity index (χ1v) is 6.28. The van der Waals surface area contributed by atoms with E-state index in [0.717, 1.165) is 29.4 Å². The minimum Gasteiger partial charge on any atom is -0.338 e. The lowest BCUT2D eigenvalue weighted by molar-refractivity contribution is 0.240. The Morgan fingerprint density at radius 1 is 1.38 bits per heavy atom. The van der Waals surface area contributed by atoms with Crippen molar-refractivity contribution in [2.24, 2.45) is 0 Å². The molecule has 2 amide bonds. The molecule has 0 saturated carbocycles. The van der Waals surface area contributed by atoms with Crippen molar-refractivity contribution in [1.29, 1.82) is 0 Å². The molecule has 0 heterocycles. The summed E-state index contributed by atoms with van der Waals surface area (Å²) in [6.07, 6.45) is 2.11. The normalized spacial score (nSPS) is 9.88. The first kappa shape index (κ1) is 13.0. The Morgan fingerprint density at radius 2 is 2.19 bits per heavy atom. The predicted molar refractivity (Wildman–Crippen MR) is 69.3 cm³/mol. The Labute approximate surface area is 105 Å². The van der Waals surface area contributed by atoms with Crippen LogP contribution in [0.3, 0.4) is 0 Å². The van der Waals surface area contributed by atoms with Gasteiger partial charge in [0.15, 0.2) is 0 Å². The number of nitrogens with one attached hydrogen (secondary N) is 2. The van der Waals surface area contributed by atoms with Crippen LogP contribution in [0.5, 0.6) is 0 Å². The van der Waals surface area contributed by atoms with Crippen LogP contribution in [-0.4, -0.2) is 12.6 Å². The molecular weight excluding hydrogens is 268 g/mol. The molecule has 0 atom stereocenters. The molecule has 0 aliphatic carbocycles. The maximum Gasteiger partial charge on any atom is 0.315 e. The second-order valence-corrected chi connectivity index (χ2v) is 4.51. The van der Waals surface area contributed by atoms with Gasteiger partial charge < -0.3 is 10.6 Å². The first-order chi connectivity index (χ1) is 7.72. The van der Waals surface area contributed by atoms with E-state index in [9.17, 15) is 4.79 Å². The van der Waals surface area contributed by atoms with E-state index < -0.39 is 0 Å². The molecule has 3 nitrogen and oxygen atoms in total. The third-order valence-electron chi connectivity index (χ3n) is 2.16. The summed E-state index contributed by atoms with van der Waals surface area (Å²) in [7, 11) is 0. The quantitative estimate of drug-likeness (QED) is 0.802. The summed E-state index contributed by atoms with van der Waals surface area (Å²) in [5.74, 6) is 0. The van der Waals surface area contributed by atoms with Crippen molar-refractivity contribution in [3.63, 3.8) is 0 Å². The highest BCUT2D eigenvalue weighted by Crippen LogP contribution is 2.11. The molecule has 0 saturated heterocycles. The second kappa shape index (κ2) is 7.28. The topological polar surface area (TPSA) is 41.1 Å². The minimum absolute atomic E-state index is 0.103. The van der Waals surface area contributed by atoms with Crippen LogP contribution in [-0.2, 0) is 6.54 Å². The third-order valence-corrected chi connectivity index (χ3v) is 2.65. The average Bonchev–Trinajstić information content (AvgIpc) is 2.27. The molecule has 0 bridgehead atoms. The van der Waals surface area contributed by atoms with Crippen molar-refractivity contribution in [3.05, 3.63) is 34.3 Å². The van der Waals surface area contributed by atoms with E-state index in [0.29, 0.717) is 6.54 Å². The lowest BCUT2D eigenvalue weighted by Crippen LogP contribution is -2.35. The van der Waals surface area contributed by atoms with Gasteiger partial charge in [-0.25, -0.2) is 4.79 Å². The Bertz CT molecular complexity index is 342. The zero-order chi connectivity index (χ0) is 11.8. The predicted octanol–water partition coefficient (Wildman–Crippen LogP) is 3.05. The highest BCUT2D eigenvalue weighted by atomic mass is 79.9. The van der Waals surface area contributed by atoms with E-state index in [1.165, 1.54) is 0 Å². The highest BCUT2D eigenvalue weighted by molar-refractivity contribution is 9.10. The van der Waals surface area contributed by atoms with Crippen LogP contribution in [0.25, 0.3) is 0 Å². The Morgan fingerprint density at radius 3 is 2.88 bits per heavy atom. The van der Waals surface area contributed by atoms with E-state index in [4.69, 9.17) is 0 Å². The van der Waals surface area contributed by atoms with Crippen molar-refractivity contribution in [2.45, 2.75) is 26.3 Å². The van der Waals surface area contributed by atoms with Crippen LogP contribution in [0.4, 0.5) is 4.79 Å². The largest absolute Gasteiger partial charge is 0.338 e. The molecule has 0 radical (unpaired) electrons. The van der Waals surface area contributed by atoms with Crippen molar-refractivity contribution >= 4 is 22.0 Å². The Hall–Kier alpha value is -1.03. The molecular formula is C12H17BrN2O. The van der Waals surface area contributed by atoms with Gasteiger partial charge in [0.1, 0.15) is 0 Å². The molecule has 1 aromatic carbocycles. The molecule has 16 heavy (non-hydrogen) atoms. The zero-order valence-electron chi connectivity index (χ0n) is 9.42. The fourth-order valence-electron chi connectivity index (χ4n) is 1.27. The Balaban J connectivity index is 2.26. The van der Waals surface area contributed by atoms with Crippen LogP contribution in [0.1, 0.15) is 25.3 Å². The van der Waals surface area contributed by atoms with E-state index in [1.54, 1.807) is 0 Å². The number of carbonyl (C=O) groups excluding carboxylic acids is 1. The number of benzene rings is 1. The zero-order valence-corrected chi connectivity index (χ0v) is 11.0. The molecule has 0 aliphatic heterocycles. The maximum absolute atomic E-state index is 11.3. The molecule has 0 aromatic heterocycles. The van der Waals surface area contributed by atoms with Gasteiger partial charge in [-0.15, -0.1) is 0 Å². The van der Waals surface area contributed by atoms with Gasteiger partial charge in [-0.05, 0) is 24.1 Å². The molecule has 0 unspecified atom stereocenters. The Kier molecular flexibility index (Phi) is 5.93. The summed E-state index contributed by atoms with van der Waals surface area (Å²) < 4.78 is 1.03. The van der Waals surface area contributed by atoms with Crippen LogP contribution in [0, 0.1) is 0 Å². The summed E-state index contributed by atoms with van der Waals surface area (Å²) in [5, 5.41) is 5.62. The number of unbranched alkanes of at least 4 members (excludes halogenated alkanes) is 1. The summed E-state index contributed by atoms with van der Waals surface area (Å²) in [6.45, 7) is 3.39. The number of carbonyl (C=O) groups is 1. The third kappa shape index (κ3) is 5.16. The molecule has 4 heteroatoms. The van der Waals surface area contributed by atoms with Crippen molar-refractivity contribution < 1.29 is 4.79 Å². The lowest BCUT2D eigenvalue weighted by atomic mass is 10.2. The average molecular weight is 285 g/mol. The second-order valence-electron chi connectivity index (χ2n) is 3.59. The highest BCUT2D eigenvalue weighted by Gasteiger charge is 1.99. The van der Waals surface area contributed by atoms with Crippen LogP contribution in [0.2, 0.25) is 0 Å². The lowest BCUT2D eigenvalue weighted by Gasteiger charge is -2.07. The SMILES string of the molecule is CCCCNC(=O)NCc1cccc(Br)c1. The van der Waals surface area contributed by atoms with E-state index in [1.807, 2.05) is 24.3 Å². The fourth-order valence-corrected chi connectivity index (χ4v) is 1.72. The van der Waals surface area contributed by atoms with E-state index in [2.05, 4.69) is 33.5 Å². The van der Waals surface area contributed by atoms with E-state index in [-0.39, 0.29) is 6.03 Å². The maximum atomic E-state index is 11.3. The van der Waals surface area contributed by atoms with Gasteiger partial charge in [-0.3, -0.25) is 0 Å². The summed E-state index contributed by atoms with van der Waals surface area (Å²) in [5.41, 5.74) is 1.08. The molecule has 2 N–H and O–H groups in total. The number of rotatable bonds is 5. The van der Waals surface area contributed by atoms with Crippen LogP contribution >= 0.6 is 15.9 Å². The van der Waals surface area contributed by atoms with E-state index >= 15 is 0 Å². The number of amides is 2.